The van der Waals surface area contributed by atoms with Crippen molar-refractivity contribution in [3.8, 4) is 0 Å². The van der Waals surface area contributed by atoms with Crippen molar-refractivity contribution in [2.75, 3.05) is 6.54 Å². The number of nitrogens with one attached hydrogen (secondary N) is 1. The molecule has 28 heavy (non-hydrogen) atoms. The Morgan fingerprint density at radius 3 is 2.36 bits per heavy atom. The van der Waals surface area contributed by atoms with Crippen molar-refractivity contribution >= 4 is 23.4 Å². The van der Waals surface area contributed by atoms with Gasteiger partial charge in [-0.3, -0.25) is 9.59 Å². The lowest BCUT2D eigenvalue weighted by Gasteiger charge is -2.29. The Morgan fingerprint density at radius 1 is 1.04 bits per heavy atom. The molecule has 0 fully saturated rings. The van der Waals surface area contributed by atoms with Crippen LogP contribution in [0.5, 0.6) is 0 Å². The number of carbonyl (C=O) groups excluding carboxylic acids is 2. The van der Waals surface area contributed by atoms with Gasteiger partial charge in [-0.05, 0) is 43.0 Å². The highest BCUT2D eigenvalue weighted by molar-refractivity contribution is 6.30. The minimum atomic E-state index is -0.564. The summed E-state index contributed by atoms with van der Waals surface area (Å²) in [4.78, 5) is 27.4. The molecule has 0 aliphatic rings. The normalized spacial score (nSPS) is 11.9. The molecule has 5 heteroatoms. The van der Waals surface area contributed by atoms with Gasteiger partial charge in [0, 0.05) is 18.1 Å². The lowest BCUT2D eigenvalue weighted by Crippen LogP contribution is -2.48. The van der Waals surface area contributed by atoms with Crippen molar-refractivity contribution in [3.05, 3.63) is 70.2 Å². The van der Waals surface area contributed by atoms with E-state index in [1.165, 1.54) is 0 Å². The highest BCUT2D eigenvalue weighted by Crippen LogP contribution is 2.16. The molecule has 1 atom stereocenters. The van der Waals surface area contributed by atoms with Crippen LogP contribution in [0.3, 0.4) is 0 Å². The van der Waals surface area contributed by atoms with E-state index in [9.17, 15) is 9.59 Å². The van der Waals surface area contributed by atoms with Gasteiger partial charge in [-0.1, -0.05) is 67.4 Å². The van der Waals surface area contributed by atoms with Crippen LogP contribution in [0, 0.1) is 12.8 Å². The zero-order valence-corrected chi connectivity index (χ0v) is 17.8. The van der Waals surface area contributed by atoms with E-state index < -0.39 is 6.04 Å². The third-order valence-corrected chi connectivity index (χ3v) is 4.77. The Morgan fingerprint density at radius 2 is 1.71 bits per heavy atom. The van der Waals surface area contributed by atoms with Gasteiger partial charge in [0.2, 0.25) is 11.8 Å². The predicted molar refractivity (Wildman–Crippen MR) is 114 cm³/mol. The summed E-state index contributed by atoms with van der Waals surface area (Å²) in [5.74, 6) is 0.111. The summed E-state index contributed by atoms with van der Waals surface area (Å²) < 4.78 is 0. The molecule has 0 aromatic heterocycles. The van der Waals surface area contributed by atoms with Gasteiger partial charge in [-0.25, -0.2) is 0 Å². The first-order chi connectivity index (χ1) is 13.3. The van der Waals surface area contributed by atoms with Gasteiger partial charge in [0.15, 0.2) is 0 Å². The van der Waals surface area contributed by atoms with Gasteiger partial charge in [-0.2, -0.15) is 0 Å². The summed E-state index contributed by atoms with van der Waals surface area (Å²) in [5, 5.41) is 3.53. The van der Waals surface area contributed by atoms with Gasteiger partial charge < -0.3 is 10.2 Å². The van der Waals surface area contributed by atoms with Crippen LogP contribution in [-0.4, -0.2) is 29.3 Å². The Bertz CT molecular complexity index is 820. The molecule has 0 spiro atoms. The van der Waals surface area contributed by atoms with Crippen molar-refractivity contribution in [2.24, 2.45) is 5.92 Å². The average molecular weight is 401 g/mol. The average Bonchev–Trinajstić information content (AvgIpc) is 2.63. The minimum absolute atomic E-state index is 0.101. The Hall–Kier alpha value is -2.33. The molecule has 0 bridgehead atoms. The maximum Gasteiger partial charge on any atom is 0.242 e. The summed E-state index contributed by atoms with van der Waals surface area (Å²) in [6.07, 6.45) is 0.203. The molecule has 0 radical (unpaired) electrons. The van der Waals surface area contributed by atoms with Crippen molar-refractivity contribution in [2.45, 2.75) is 46.7 Å². The second-order valence-corrected chi connectivity index (χ2v) is 8.07. The number of hydrogen-bond acceptors (Lipinski definition) is 2. The lowest BCUT2D eigenvalue weighted by molar-refractivity contribution is -0.140. The van der Waals surface area contributed by atoms with Crippen LogP contribution in [-0.2, 0) is 22.6 Å². The summed E-state index contributed by atoms with van der Waals surface area (Å²) in [7, 11) is 0. The van der Waals surface area contributed by atoms with E-state index in [-0.39, 0.29) is 18.2 Å². The van der Waals surface area contributed by atoms with Crippen LogP contribution < -0.4 is 5.32 Å². The molecule has 4 nitrogen and oxygen atoms in total. The fraction of sp³-hybridized carbons (Fsp3) is 0.391. The minimum Gasteiger partial charge on any atom is -0.354 e. The Labute approximate surface area is 172 Å². The third kappa shape index (κ3) is 6.68. The van der Waals surface area contributed by atoms with E-state index >= 15 is 0 Å². The van der Waals surface area contributed by atoms with Crippen LogP contribution in [0.25, 0.3) is 0 Å². The second-order valence-electron chi connectivity index (χ2n) is 7.63. The predicted octanol–water partition coefficient (Wildman–Crippen LogP) is 4.38. The summed E-state index contributed by atoms with van der Waals surface area (Å²) in [5.41, 5.74) is 2.96. The van der Waals surface area contributed by atoms with Gasteiger partial charge in [0.25, 0.3) is 0 Å². The highest BCUT2D eigenvalue weighted by atomic mass is 35.5. The molecule has 2 amide bonds. The van der Waals surface area contributed by atoms with Crippen LogP contribution >= 0.6 is 11.6 Å². The maximum atomic E-state index is 13.1. The number of hydrogen-bond donors (Lipinski definition) is 1. The number of halogens is 1. The van der Waals surface area contributed by atoms with E-state index in [4.69, 9.17) is 11.6 Å². The summed E-state index contributed by atoms with van der Waals surface area (Å²) in [6.45, 7) is 8.85. The van der Waals surface area contributed by atoms with Crippen LogP contribution in [0.1, 0.15) is 37.5 Å². The van der Waals surface area contributed by atoms with Crippen LogP contribution in [0.2, 0.25) is 5.02 Å². The van der Waals surface area contributed by atoms with E-state index in [1.54, 1.807) is 24.0 Å². The zero-order valence-electron chi connectivity index (χ0n) is 17.0. The Kier molecular flexibility index (Phi) is 8.06. The topological polar surface area (TPSA) is 49.4 Å². The van der Waals surface area contributed by atoms with E-state index in [0.717, 1.165) is 16.7 Å². The number of rotatable bonds is 8. The second kappa shape index (κ2) is 10.3. The largest absolute Gasteiger partial charge is 0.354 e. The number of carbonyl (C=O) groups is 2. The van der Waals surface area contributed by atoms with E-state index in [2.05, 4.69) is 5.32 Å². The van der Waals surface area contributed by atoms with Crippen molar-refractivity contribution in [1.29, 1.82) is 0 Å². The number of amides is 2. The molecule has 0 aliphatic carbocycles. The quantitative estimate of drug-likeness (QED) is 0.714. The SMILES string of the molecule is Cc1cccc(CN(C(=O)Cc2cccc(Cl)c2)[C@H](C)C(=O)NCC(C)C)c1. The van der Waals surface area contributed by atoms with Crippen LogP contribution in [0.15, 0.2) is 48.5 Å². The van der Waals surface area contributed by atoms with Crippen LogP contribution in [0.4, 0.5) is 0 Å². The van der Waals surface area contributed by atoms with Crippen molar-refractivity contribution < 1.29 is 9.59 Å². The van der Waals surface area contributed by atoms with Gasteiger partial charge in [0.05, 0.1) is 6.42 Å². The van der Waals surface area contributed by atoms with Gasteiger partial charge in [-0.15, -0.1) is 0 Å². The first kappa shape index (κ1) is 22.0. The summed E-state index contributed by atoms with van der Waals surface area (Å²) >= 11 is 6.05. The molecule has 2 aromatic carbocycles. The molecule has 2 aromatic rings. The third-order valence-electron chi connectivity index (χ3n) is 4.53. The molecule has 0 saturated heterocycles. The fourth-order valence-corrected chi connectivity index (χ4v) is 3.18. The lowest BCUT2D eigenvalue weighted by atomic mass is 10.1. The fourth-order valence-electron chi connectivity index (χ4n) is 2.97. The van der Waals surface area contributed by atoms with Crippen molar-refractivity contribution in [3.63, 3.8) is 0 Å². The van der Waals surface area contributed by atoms with E-state index in [1.807, 2.05) is 57.2 Å². The molecule has 0 aliphatic heterocycles. The maximum absolute atomic E-state index is 13.1. The molecule has 150 valence electrons. The number of nitrogens with zero attached hydrogens (tertiary/aromatic N) is 1. The van der Waals surface area contributed by atoms with Gasteiger partial charge in [0.1, 0.15) is 6.04 Å². The Balaban J connectivity index is 2.21. The zero-order chi connectivity index (χ0) is 20.7. The number of benzene rings is 2. The first-order valence-corrected chi connectivity index (χ1v) is 10.0. The number of aryl methyl sites for hydroxylation is 1. The molecule has 0 unspecified atom stereocenters. The smallest absolute Gasteiger partial charge is 0.242 e. The van der Waals surface area contributed by atoms with Crippen molar-refractivity contribution in [1.82, 2.24) is 10.2 Å². The molecule has 1 N–H and O–H groups in total. The van der Waals surface area contributed by atoms with Gasteiger partial charge >= 0.3 is 0 Å². The first-order valence-electron chi connectivity index (χ1n) is 9.63. The highest BCUT2D eigenvalue weighted by Gasteiger charge is 2.26. The monoisotopic (exact) mass is 400 g/mol. The summed E-state index contributed by atoms with van der Waals surface area (Å²) in [6, 6.07) is 14.7. The standard InChI is InChI=1S/C23H29ClN2O2/c1-16(2)14-25-23(28)18(4)26(15-20-9-5-7-17(3)11-20)22(27)13-19-8-6-10-21(24)12-19/h5-12,16,18H,13-15H2,1-4H3,(H,25,28)/t18-/m1/s1. The van der Waals surface area contributed by atoms with E-state index in [0.29, 0.717) is 24.0 Å². The molecule has 0 heterocycles. The molecular formula is C23H29ClN2O2. The molecule has 0 saturated carbocycles. The molecule has 2 rings (SSSR count). The molecular weight excluding hydrogens is 372 g/mol.